The Kier molecular flexibility index (Phi) is 2.69. The van der Waals surface area contributed by atoms with Crippen LogP contribution in [0.2, 0.25) is 0 Å². The van der Waals surface area contributed by atoms with E-state index in [2.05, 4.69) is 0 Å². The van der Waals surface area contributed by atoms with Crippen molar-refractivity contribution in [1.82, 2.24) is 0 Å². The molecule has 0 radical (unpaired) electrons. The van der Waals surface area contributed by atoms with E-state index in [4.69, 9.17) is 0 Å². The number of hydrogen-bond acceptors (Lipinski definition) is 1. The number of benzene rings is 1. The Morgan fingerprint density at radius 2 is 2.06 bits per heavy atom. The molecule has 5 heteroatoms. The van der Waals surface area contributed by atoms with Crippen LogP contribution in [0, 0.1) is 11.7 Å². The van der Waals surface area contributed by atoms with Crippen LogP contribution in [0.4, 0.5) is 17.6 Å². The van der Waals surface area contributed by atoms with Crippen molar-refractivity contribution in [2.75, 3.05) is 0 Å². The maximum absolute atomic E-state index is 13.5. The van der Waals surface area contributed by atoms with Crippen molar-refractivity contribution in [3.8, 4) is 0 Å². The highest BCUT2D eigenvalue weighted by atomic mass is 19.4. The molecule has 0 aliphatic heterocycles. The summed E-state index contributed by atoms with van der Waals surface area (Å²) >= 11 is 0. The first-order valence-corrected chi connectivity index (χ1v) is 5.38. The fraction of sp³-hybridized carbons (Fsp3) is 0.500. The summed E-state index contributed by atoms with van der Waals surface area (Å²) in [6.45, 7) is 1.81. The predicted octanol–water partition coefficient (Wildman–Crippen LogP) is 3.46. The third-order valence-electron chi connectivity index (χ3n) is 3.33. The molecule has 94 valence electrons. The molecular weight excluding hydrogens is 236 g/mol. The third kappa shape index (κ3) is 2.04. The molecule has 2 unspecified atom stereocenters. The van der Waals surface area contributed by atoms with Crippen LogP contribution in [0.5, 0.6) is 0 Å². The topological polar surface area (TPSA) is 20.2 Å². The maximum atomic E-state index is 13.5. The van der Waals surface area contributed by atoms with Crippen LogP contribution < -0.4 is 0 Å². The van der Waals surface area contributed by atoms with Crippen molar-refractivity contribution in [1.29, 1.82) is 0 Å². The summed E-state index contributed by atoms with van der Waals surface area (Å²) in [4.78, 5) is 0. The second-order valence-corrected chi connectivity index (χ2v) is 4.43. The first-order chi connectivity index (χ1) is 7.79. The second-order valence-electron chi connectivity index (χ2n) is 4.43. The standard InChI is InChI=1S/C12H12F4O/c1-2-7-6-11(7,17)9-5-8(12(14,15)16)3-4-10(9)13/h3-5,7,17H,2,6H2,1H3. The van der Waals surface area contributed by atoms with E-state index in [1.54, 1.807) is 0 Å². The highest BCUT2D eigenvalue weighted by molar-refractivity contribution is 5.35. The minimum atomic E-state index is -4.52. The van der Waals surface area contributed by atoms with Crippen LogP contribution in [-0.2, 0) is 11.8 Å². The van der Waals surface area contributed by atoms with Gasteiger partial charge >= 0.3 is 6.18 Å². The van der Waals surface area contributed by atoms with Gasteiger partial charge in [0.25, 0.3) is 0 Å². The average Bonchev–Trinajstić information content (AvgIpc) is 2.89. The molecule has 1 fully saturated rings. The van der Waals surface area contributed by atoms with Gasteiger partial charge in [0.1, 0.15) is 5.82 Å². The van der Waals surface area contributed by atoms with Crippen LogP contribution in [-0.4, -0.2) is 5.11 Å². The van der Waals surface area contributed by atoms with Gasteiger partial charge in [0.2, 0.25) is 0 Å². The predicted molar refractivity (Wildman–Crippen MR) is 53.7 cm³/mol. The van der Waals surface area contributed by atoms with Gasteiger partial charge in [-0.3, -0.25) is 0 Å². The Balaban J connectivity index is 2.42. The summed E-state index contributed by atoms with van der Waals surface area (Å²) < 4.78 is 50.9. The summed E-state index contributed by atoms with van der Waals surface area (Å²) in [6.07, 6.45) is -3.58. The lowest BCUT2D eigenvalue weighted by atomic mass is 10.0. The second kappa shape index (κ2) is 3.70. The Labute approximate surface area is 96.1 Å². The summed E-state index contributed by atoms with van der Waals surface area (Å²) in [5, 5.41) is 10.0. The summed E-state index contributed by atoms with van der Waals surface area (Å²) in [6, 6.07) is 2.16. The quantitative estimate of drug-likeness (QED) is 0.794. The molecule has 1 nitrogen and oxygen atoms in total. The van der Waals surface area contributed by atoms with Gasteiger partial charge in [0, 0.05) is 5.56 Å². The van der Waals surface area contributed by atoms with Crippen LogP contribution in [0.15, 0.2) is 18.2 Å². The molecule has 0 spiro atoms. The van der Waals surface area contributed by atoms with E-state index in [1.807, 2.05) is 6.92 Å². The van der Waals surface area contributed by atoms with E-state index in [9.17, 15) is 22.7 Å². The molecule has 2 atom stereocenters. The smallest absolute Gasteiger partial charge is 0.385 e. The van der Waals surface area contributed by atoms with Crippen LogP contribution >= 0.6 is 0 Å². The molecule has 0 heterocycles. The molecule has 0 saturated heterocycles. The third-order valence-corrected chi connectivity index (χ3v) is 3.33. The van der Waals surface area contributed by atoms with Gasteiger partial charge in [-0.05, 0) is 30.5 Å². The summed E-state index contributed by atoms with van der Waals surface area (Å²) in [7, 11) is 0. The lowest BCUT2D eigenvalue weighted by Crippen LogP contribution is -2.14. The Hall–Kier alpha value is -1.10. The van der Waals surface area contributed by atoms with Crippen LogP contribution in [0.3, 0.4) is 0 Å². The zero-order valence-corrected chi connectivity index (χ0v) is 9.18. The molecule has 0 aromatic heterocycles. The van der Waals surface area contributed by atoms with Crippen molar-refractivity contribution in [2.24, 2.45) is 5.92 Å². The molecule has 0 amide bonds. The fourth-order valence-corrected chi connectivity index (χ4v) is 2.16. The molecule has 1 aromatic carbocycles. The molecule has 0 bridgehead atoms. The molecule has 1 aliphatic rings. The zero-order valence-electron chi connectivity index (χ0n) is 9.18. The van der Waals surface area contributed by atoms with E-state index in [-0.39, 0.29) is 11.5 Å². The number of alkyl halides is 3. The molecular formula is C12H12F4O. The fourth-order valence-electron chi connectivity index (χ4n) is 2.16. The molecule has 1 saturated carbocycles. The highest BCUT2D eigenvalue weighted by Gasteiger charge is 2.54. The number of rotatable bonds is 2. The molecule has 1 N–H and O–H groups in total. The SMILES string of the molecule is CCC1CC1(O)c1cc(C(F)(F)F)ccc1F. The normalized spacial score (nSPS) is 28.2. The van der Waals surface area contributed by atoms with E-state index in [1.165, 1.54) is 0 Å². The van der Waals surface area contributed by atoms with Gasteiger partial charge in [-0.2, -0.15) is 13.2 Å². The number of hydrogen-bond donors (Lipinski definition) is 1. The van der Waals surface area contributed by atoms with E-state index in [0.717, 1.165) is 6.07 Å². The van der Waals surface area contributed by atoms with Gasteiger partial charge in [-0.25, -0.2) is 4.39 Å². The van der Waals surface area contributed by atoms with Crippen molar-refractivity contribution in [3.05, 3.63) is 35.1 Å². The first-order valence-electron chi connectivity index (χ1n) is 5.38. The molecule has 17 heavy (non-hydrogen) atoms. The van der Waals surface area contributed by atoms with Gasteiger partial charge in [0.15, 0.2) is 0 Å². The zero-order chi connectivity index (χ0) is 12.8. The number of halogens is 4. The lowest BCUT2D eigenvalue weighted by Gasteiger charge is -2.14. The maximum Gasteiger partial charge on any atom is 0.416 e. The Morgan fingerprint density at radius 1 is 1.41 bits per heavy atom. The first kappa shape index (κ1) is 12.4. The van der Waals surface area contributed by atoms with Gasteiger partial charge in [-0.15, -0.1) is 0 Å². The van der Waals surface area contributed by atoms with E-state index >= 15 is 0 Å². The minimum Gasteiger partial charge on any atom is -0.385 e. The lowest BCUT2D eigenvalue weighted by molar-refractivity contribution is -0.137. The summed E-state index contributed by atoms with van der Waals surface area (Å²) in [5.74, 6) is -0.933. The van der Waals surface area contributed by atoms with Gasteiger partial charge in [0.05, 0.1) is 11.2 Å². The molecule has 1 aromatic rings. The summed E-state index contributed by atoms with van der Waals surface area (Å²) in [5.41, 5.74) is -2.58. The van der Waals surface area contributed by atoms with Crippen molar-refractivity contribution >= 4 is 0 Å². The van der Waals surface area contributed by atoms with Gasteiger partial charge in [-0.1, -0.05) is 13.3 Å². The Morgan fingerprint density at radius 3 is 2.53 bits per heavy atom. The highest BCUT2D eigenvalue weighted by Crippen LogP contribution is 2.54. The molecule has 1 aliphatic carbocycles. The van der Waals surface area contributed by atoms with E-state index < -0.39 is 23.2 Å². The Bertz CT molecular complexity index is 441. The molecule has 2 rings (SSSR count). The van der Waals surface area contributed by atoms with Crippen molar-refractivity contribution in [3.63, 3.8) is 0 Å². The number of aliphatic hydroxyl groups is 1. The van der Waals surface area contributed by atoms with Crippen molar-refractivity contribution < 1.29 is 22.7 Å². The van der Waals surface area contributed by atoms with Crippen LogP contribution in [0.1, 0.15) is 30.9 Å². The minimum absolute atomic E-state index is 0.152. The van der Waals surface area contributed by atoms with Gasteiger partial charge < -0.3 is 5.11 Å². The average molecular weight is 248 g/mol. The monoisotopic (exact) mass is 248 g/mol. The largest absolute Gasteiger partial charge is 0.416 e. The van der Waals surface area contributed by atoms with Crippen molar-refractivity contribution in [2.45, 2.75) is 31.5 Å². The van der Waals surface area contributed by atoms with Crippen LogP contribution in [0.25, 0.3) is 0 Å². The van der Waals surface area contributed by atoms with E-state index in [0.29, 0.717) is 25.0 Å².